The molecule has 102 valence electrons. The highest BCUT2D eigenvalue weighted by Gasteiger charge is 2.23. The van der Waals surface area contributed by atoms with Crippen LogP contribution in [0.15, 0.2) is 12.3 Å². The number of carboxylic acids is 1. The van der Waals surface area contributed by atoms with Crippen LogP contribution < -0.4 is 11.1 Å². The first kappa shape index (κ1) is 14.9. The number of aryl methyl sites for hydroxylation is 1. The van der Waals surface area contributed by atoms with Crippen LogP contribution in [0.25, 0.3) is 0 Å². The molecule has 0 spiro atoms. The number of hydrogen-bond acceptors (Lipinski definition) is 4. The average Bonchev–Trinajstić information content (AvgIpc) is 2.26. The topological polar surface area (TPSA) is 122 Å². The molecule has 7 nitrogen and oxygen atoms in total. The Morgan fingerprint density at radius 1 is 1.53 bits per heavy atom. The summed E-state index contributed by atoms with van der Waals surface area (Å²) in [4.78, 5) is 37.3. The first-order valence-corrected chi connectivity index (χ1v) is 5.63. The Hall–Kier alpha value is -2.15. The molecule has 0 unspecified atom stereocenters. The molecule has 1 aromatic rings. The van der Waals surface area contributed by atoms with Gasteiger partial charge in [-0.1, -0.05) is 11.6 Å². The molecule has 4 N–H and O–H groups in total. The van der Waals surface area contributed by atoms with Gasteiger partial charge in [0.15, 0.2) is 0 Å². The fraction of sp³-hybridized carbons (Fsp3) is 0.273. The van der Waals surface area contributed by atoms with Crippen LogP contribution in [0.2, 0.25) is 5.02 Å². The number of nitrogens with two attached hydrogens (primary N) is 1. The molecular formula is C11H12ClN3O4. The Balaban J connectivity index is 2.87. The van der Waals surface area contributed by atoms with Crippen LogP contribution in [-0.2, 0) is 9.59 Å². The summed E-state index contributed by atoms with van der Waals surface area (Å²) in [6.45, 7) is 1.70. The van der Waals surface area contributed by atoms with Crippen molar-refractivity contribution in [2.24, 2.45) is 5.73 Å². The molecular weight excluding hydrogens is 274 g/mol. The Kier molecular flexibility index (Phi) is 4.82. The number of carboxylic acid groups (broad SMARTS) is 1. The van der Waals surface area contributed by atoms with Crippen molar-refractivity contribution in [1.82, 2.24) is 10.3 Å². The Labute approximate surface area is 113 Å². The van der Waals surface area contributed by atoms with Crippen molar-refractivity contribution in [2.45, 2.75) is 19.4 Å². The molecule has 8 heteroatoms. The lowest BCUT2D eigenvalue weighted by Crippen LogP contribution is -2.43. The predicted molar refractivity (Wildman–Crippen MR) is 66.7 cm³/mol. The summed E-state index contributed by atoms with van der Waals surface area (Å²) < 4.78 is 0. The molecule has 1 atom stereocenters. The molecule has 0 aromatic carbocycles. The molecule has 0 radical (unpaired) electrons. The van der Waals surface area contributed by atoms with Crippen molar-refractivity contribution < 1.29 is 19.5 Å². The Morgan fingerprint density at radius 3 is 2.63 bits per heavy atom. The van der Waals surface area contributed by atoms with Crippen LogP contribution in [0.1, 0.15) is 22.5 Å². The van der Waals surface area contributed by atoms with Gasteiger partial charge in [0.25, 0.3) is 5.91 Å². The zero-order valence-corrected chi connectivity index (χ0v) is 10.8. The van der Waals surface area contributed by atoms with Crippen LogP contribution >= 0.6 is 11.6 Å². The molecule has 0 bridgehead atoms. The third-order valence-electron chi connectivity index (χ3n) is 2.24. The number of hydrogen-bond donors (Lipinski definition) is 3. The molecule has 1 aromatic heterocycles. The number of aromatic nitrogens is 1. The van der Waals surface area contributed by atoms with Gasteiger partial charge in [0.1, 0.15) is 6.04 Å². The minimum Gasteiger partial charge on any atom is -0.480 e. The largest absolute Gasteiger partial charge is 0.480 e. The van der Waals surface area contributed by atoms with Crippen molar-refractivity contribution in [3.63, 3.8) is 0 Å². The normalized spacial score (nSPS) is 11.7. The van der Waals surface area contributed by atoms with Gasteiger partial charge in [-0.15, -0.1) is 0 Å². The third kappa shape index (κ3) is 4.22. The van der Waals surface area contributed by atoms with Crippen LogP contribution in [-0.4, -0.2) is 33.9 Å². The number of halogens is 1. The standard InChI is InChI=1S/C11H12ClN3O4/c1-5-2-7(12)6(4-14-5)10(17)15-8(11(18)19)3-9(13)16/h2,4,8H,3H2,1H3,(H2,13,16)(H,15,17)(H,18,19)/t8-/m1/s1. The van der Waals surface area contributed by atoms with E-state index in [9.17, 15) is 14.4 Å². The minimum atomic E-state index is -1.40. The van der Waals surface area contributed by atoms with Gasteiger partial charge in [-0.25, -0.2) is 4.79 Å². The highest BCUT2D eigenvalue weighted by Crippen LogP contribution is 2.15. The van der Waals surface area contributed by atoms with E-state index >= 15 is 0 Å². The molecule has 19 heavy (non-hydrogen) atoms. The number of rotatable bonds is 5. The van der Waals surface area contributed by atoms with Gasteiger partial charge in [0.2, 0.25) is 5.91 Å². The fourth-order valence-corrected chi connectivity index (χ4v) is 1.62. The van der Waals surface area contributed by atoms with Gasteiger partial charge in [0, 0.05) is 11.9 Å². The van der Waals surface area contributed by atoms with Crippen molar-refractivity contribution in [1.29, 1.82) is 0 Å². The number of primary amides is 1. The van der Waals surface area contributed by atoms with Gasteiger partial charge in [-0.2, -0.15) is 0 Å². The van der Waals surface area contributed by atoms with Crippen LogP contribution in [0.4, 0.5) is 0 Å². The monoisotopic (exact) mass is 285 g/mol. The molecule has 1 heterocycles. The van der Waals surface area contributed by atoms with Crippen molar-refractivity contribution in [3.8, 4) is 0 Å². The SMILES string of the molecule is Cc1cc(Cl)c(C(=O)N[C@H](CC(N)=O)C(=O)O)cn1. The van der Waals surface area contributed by atoms with E-state index in [1.807, 2.05) is 0 Å². The van der Waals surface area contributed by atoms with E-state index in [0.717, 1.165) is 0 Å². The molecule has 0 aliphatic heterocycles. The Morgan fingerprint density at radius 2 is 2.16 bits per heavy atom. The van der Waals surface area contributed by atoms with E-state index < -0.39 is 30.2 Å². The van der Waals surface area contributed by atoms with Crippen LogP contribution in [0.3, 0.4) is 0 Å². The number of carbonyl (C=O) groups is 3. The molecule has 1 rings (SSSR count). The summed E-state index contributed by atoms with van der Waals surface area (Å²) in [7, 11) is 0. The average molecular weight is 286 g/mol. The van der Waals surface area contributed by atoms with Crippen molar-refractivity contribution in [3.05, 3.63) is 28.5 Å². The zero-order valence-electron chi connectivity index (χ0n) is 10.0. The second-order valence-electron chi connectivity index (χ2n) is 3.84. The maximum atomic E-state index is 11.8. The van der Waals surface area contributed by atoms with E-state index in [0.29, 0.717) is 5.69 Å². The number of aliphatic carboxylic acids is 1. The first-order valence-electron chi connectivity index (χ1n) is 5.25. The second kappa shape index (κ2) is 6.14. The van der Waals surface area contributed by atoms with E-state index in [-0.39, 0.29) is 10.6 Å². The van der Waals surface area contributed by atoms with Crippen LogP contribution in [0.5, 0.6) is 0 Å². The van der Waals surface area contributed by atoms with Crippen molar-refractivity contribution >= 4 is 29.4 Å². The van der Waals surface area contributed by atoms with E-state index in [1.165, 1.54) is 12.3 Å². The molecule has 2 amide bonds. The number of nitrogens with one attached hydrogen (secondary N) is 1. The number of amides is 2. The van der Waals surface area contributed by atoms with Gasteiger partial charge in [0.05, 0.1) is 17.0 Å². The maximum Gasteiger partial charge on any atom is 0.326 e. The molecule has 0 fully saturated rings. The zero-order chi connectivity index (χ0) is 14.6. The van der Waals surface area contributed by atoms with Gasteiger partial charge in [-0.05, 0) is 13.0 Å². The number of pyridine rings is 1. The summed E-state index contributed by atoms with van der Waals surface area (Å²) in [5.74, 6) is -2.92. The third-order valence-corrected chi connectivity index (χ3v) is 2.56. The number of nitrogens with zero attached hydrogens (tertiary/aromatic N) is 1. The highest BCUT2D eigenvalue weighted by atomic mass is 35.5. The predicted octanol–water partition coefficient (Wildman–Crippen LogP) is 0.102. The maximum absolute atomic E-state index is 11.8. The molecule has 0 aliphatic carbocycles. The minimum absolute atomic E-state index is 0.0305. The first-order chi connectivity index (χ1) is 8.81. The lowest BCUT2D eigenvalue weighted by atomic mass is 10.1. The van der Waals surface area contributed by atoms with E-state index in [1.54, 1.807) is 6.92 Å². The summed E-state index contributed by atoms with van der Waals surface area (Å²) in [5.41, 5.74) is 5.55. The van der Waals surface area contributed by atoms with Crippen LogP contribution in [0, 0.1) is 6.92 Å². The van der Waals surface area contributed by atoms with E-state index in [2.05, 4.69) is 10.3 Å². The lowest BCUT2D eigenvalue weighted by Gasteiger charge is -2.13. The summed E-state index contributed by atoms with van der Waals surface area (Å²) in [6.07, 6.45) is 0.730. The highest BCUT2D eigenvalue weighted by molar-refractivity contribution is 6.33. The van der Waals surface area contributed by atoms with E-state index in [4.69, 9.17) is 22.4 Å². The second-order valence-corrected chi connectivity index (χ2v) is 4.25. The van der Waals surface area contributed by atoms with Gasteiger partial charge < -0.3 is 16.2 Å². The lowest BCUT2D eigenvalue weighted by molar-refractivity contribution is -0.140. The van der Waals surface area contributed by atoms with Gasteiger partial charge in [-0.3, -0.25) is 14.6 Å². The smallest absolute Gasteiger partial charge is 0.326 e. The summed E-state index contributed by atoms with van der Waals surface area (Å²) in [5, 5.41) is 11.2. The molecule has 0 aliphatic rings. The summed E-state index contributed by atoms with van der Waals surface area (Å²) in [6, 6.07) is 0.0720. The number of carbonyl (C=O) groups excluding carboxylic acids is 2. The summed E-state index contributed by atoms with van der Waals surface area (Å²) >= 11 is 5.85. The fourth-order valence-electron chi connectivity index (χ4n) is 1.33. The van der Waals surface area contributed by atoms with Crippen molar-refractivity contribution in [2.75, 3.05) is 0 Å². The quantitative estimate of drug-likeness (QED) is 0.708. The van der Waals surface area contributed by atoms with Gasteiger partial charge >= 0.3 is 5.97 Å². The Bertz CT molecular complexity index is 533. The molecule has 0 saturated carbocycles. The molecule has 0 saturated heterocycles.